The molecule has 5 nitrogen and oxygen atoms in total. The van der Waals surface area contributed by atoms with Crippen LogP contribution < -0.4 is 14.8 Å². The molecule has 0 saturated heterocycles. The standard InChI is InChI=1S/C12H20N2O3/c1-4-13-7-8-17-9-10-12(16-3)11(15-2)5-6-14-10/h5-6,13H,4,7-9H2,1-3H3. The summed E-state index contributed by atoms with van der Waals surface area (Å²) in [6.07, 6.45) is 1.68. The van der Waals surface area contributed by atoms with Crippen molar-refractivity contribution < 1.29 is 14.2 Å². The first-order valence-corrected chi connectivity index (χ1v) is 5.67. The first-order chi connectivity index (χ1) is 8.33. The number of hydrogen-bond acceptors (Lipinski definition) is 5. The molecule has 17 heavy (non-hydrogen) atoms. The maximum Gasteiger partial charge on any atom is 0.184 e. The highest BCUT2D eigenvalue weighted by atomic mass is 16.5. The SMILES string of the molecule is CCNCCOCc1nccc(OC)c1OC. The molecular formula is C12H20N2O3. The molecule has 0 bridgehead atoms. The fraction of sp³-hybridized carbons (Fsp3) is 0.583. The summed E-state index contributed by atoms with van der Waals surface area (Å²) in [5, 5.41) is 3.18. The van der Waals surface area contributed by atoms with Crippen molar-refractivity contribution in [3.05, 3.63) is 18.0 Å². The van der Waals surface area contributed by atoms with Crippen LogP contribution in [0.4, 0.5) is 0 Å². The number of aromatic nitrogens is 1. The summed E-state index contributed by atoms with van der Waals surface area (Å²) < 4.78 is 16.0. The van der Waals surface area contributed by atoms with Gasteiger partial charge in [0.2, 0.25) is 0 Å². The van der Waals surface area contributed by atoms with E-state index in [-0.39, 0.29) is 0 Å². The van der Waals surface area contributed by atoms with Gasteiger partial charge in [0, 0.05) is 18.8 Å². The van der Waals surface area contributed by atoms with Gasteiger partial charge in [0.1, 0.15) is 5.69 Å². The van der Waals surface area contributed by atoms with Crippen LogP contribution >= 0.6 is 0 Å². The molecule has 1 aromatic rings. The highest BCUT2D eigenvalue weighted by molar-refractivity contribution is 5.42. The summed E-state index contributed by atoms with van der Waals surface area (Å²) >= 11 is 0. The highest BCUT2D eigenvalue weighted by Gasteiger charge is 2.10. The molecule has 0 atom stereocenters. The predicted octanol–water partition coefficient (Wildman–Crippen LogP) is 1.22. The zero-order valence-corrected chi connectivity index (χ0v) is 10.7. The molecule has 96 valence electrons. The number of pyridine rings is 1. The molecule has 1 heterocycles. The lowest BCUT2D eigenvalue weighted by atomic mass is 10.3. The minimum Gasteiger partial charge on any atom is -0.493 e. The van der Waals surface area contributed by atoms with E-state index in [2.05, 4.69) is 17.2 Å². The van der Waals surface area contributed by atoms with Crippen molar-refractivity contribution in [3.63, 3.8) is 0 Å². The molecule has 0 fully saturated rings. The van der Waals surface area contributed by atoms with Crippen molar-refractivity contribution in [1.82, 2.24) is 10.3 Å². The van der Waals surface area contributed by atoms with Crippen LogP contribution in [0, 0.1) is 0 Å². The molecule has 0 aliphatic rings. The molecule has 0 aliphatic heterocycles. The molecule has 0 saturated carbocycles. The van der Waals surface area contributed by atoms with Gasteiger partial charge in [-0.3, -0.25) is 4.98 Å². The Labute approximate surface area is 102 Å². The Bertz CT molecular complexity index is 332. The summed E-state index contributed by atoms with van der Waals surface area (Å²) in [5.74, 6) is 1.31. The van der Waals surface area contributed by atoms with Gasteiger partial charge < -0.3 is 19.5 Å². The van der Waals surface area contributed by atoms with E-state index >= 15 is 0 Å². The van der Waals surface area contributed by atoms with E-state index in [1.165, 1.54) is 0 Å². The minimum absolute atomic E-state index is 0.422. The third-order valence-electron chi connectivity index (χ3n) is 2.28. The minimum atomic E-state index is 0.422. The first kappa shape index (κ1) is 13.7. The van der Waals surface area contributed by atoms with Gasteiger partial charge in [0.05, 0.1) is 27.4 Å². The monoisotopic (exact) mass is 240 g/mol. The molecule has 0 radical (unpaired) electrons. The fourth-order valence-electron chi connectivity index (χ4n) is 1.44. The van der Waals surface area contributed by atoms with Crippen molar-refractivity contribution in [2.75, 3.05) is 33.9 Å². The zero-order valence-electron chi connectivity index (χ0n) is 10.7. The van der Waals surface area contributed by atoms with Crippen LogP contribution in [-0.2, 0) is 11.3 Å². The third-order valence-corrected chi connectivity index (χ3v) is 2.28. The summed E-state index contributed by atoms with van der Waals surface area (Å²) in [6.45, 7) is 4.92. The van der Waals surface area contributed by atoms with Gasteiger partial charge >= 0.3 is 0 Å². The van der Waals surface area contributed by atoms with E-state index in [9.17, 15) is 0 Å². The average molecular weight is 240 g/mol. The molecule has 5 heteroatoms. The number of likely N-dealkylation sites (N-methyl/N-ethyl adjacent to an activating group) is 1. The van der Waals surface area contributed by atoms with Crippen molar-refractivity contribution in [2.45, 2.75) is 13.5 Å². The van der Waals surface area contributed by atoms with Gasteiger partial charge in [0.15, 0.2) is 11.5 Å². The van der Waals surface area contributed by atoms with E-state index in [4.69, 9.17) is 14.2 Å². The normalized spacial score (nSPS) is 10.3. The Hall–Kier alpha value is -1.33. The number of nitrogens with one attached hydrogen (secondary N) is 1. The van der Waals surface area contributed by atoms with Crippen molar-refractivity contribution >= 4 is 0 Å². The van der Waals surface area contributed by atoms with Crippen molar-refractivity contribution in [2.24, 2.45) is 0 Å². The van der Waals surface area contributed by atoms with E-state index in [0.717, 1.165) is 18.8 Å². The van der Waals surface area contributed by atoms with Gasteiger partial charge in [-0.25, -0.2) is 0 Å². The second-order valence-electron chi connectivity index (χ2n) is 3.40. The highest BCUT2D eigenvalue weighted by Crippen LogP contribution is 2.29. The Morgan fingerprint density at radius 2 is 2.12 bits per heavy atom. The molecule has 1 aromatic heterocycles. The molecule has 0 amide bonds. The van der Waals surface area contributed by atoms with Gasteiger partial charge in [-0.15, -0.1) is 0 Å². The molecule has 0 aromatic carbocycles. The first-order valence-electron chi connectivity index (χ1n) is 5.67. The molecular weight excluding hydrogens is 220 g/mol. The maximum atomic E-state index is 5.50. The maximum absolute atomic E-state index is 5.50. The van der Waals surface area contributed by atoms with Crippen LogP contribution in [0.15, 0.2) is 12.3 Å². The van der Waals surface area contributed by atoms with E-state index < -0.39 is 0 Å². The molecule has 0 unspecified atom stereocenters. The van der Waals surface area contributed by atoms with Crippen molar-refractivity contribution in [1.29, 1.82) is 0 Å². The summed E-state index contributed by atoms with van der Waals surface area (Å²) in [4.78, 5) is 4.23. The average Bonchev–Trinajstić information content (AvgIpc) is 2.38. The van der Waals surface area contributed by atoms with Gasteiger partial charge in [-0.1, -0.05) is 6.92 Å². The third kappa shape index (κ3) is 4.20. The van der Waals surface area contributed by atoms with Gasteiger partial charge in [-0.05, 0) is 6.54 Å². The Morgan fingerprint density at radius 1 is 1.29 bits per heavy atom. The molecule has 1 N–H and O–H groups in total. The lowest BCUT2D eigenvalue weighted by Gasteiger charge is -2.11. The van der Waals surface area contributed by atoms with E-state index in [0.29, 0.717) is 24.7 Å². The van der Waals surface area contributed by atoms with Gasteiger partial charge in [-0.2, -0.15) is 0 Å². The topological polar surface area (TPSA) is 52.6 Å². The Morgan fingerprint density at radius 3 is 2.76 bits per heavy atom. The van der Waals surface area contributed by atoms with Crippen LogP contribution in [0.1, 0.15) is 12.6 Å². The smallest absolute Gasteiger partial charge is 0.184 e. The molecule has 0 aliphatic carbocycles. The Kier molecular flexibility index (Phi) is 6.35. The largest absolute Gasteiger partial charge is 0.493 e. The number of ether oxygens (including phenoxy) is 3. The van der Waals surface area contributed by atoms with Crippen LogP contribution in [0.25, 0.3) is 0 Å². The molecule has 0 spiro atoms. The second-order valence-corrected chi connectivity index (χ2v) is 3.40. The summed E-state index contributed by atoms with van der Waals surface area (Å²) in [5.41, 5.74) is 0.753. The van der Waals surface area contributed by atoms with Crippen molar-refractivity contribution in [3.8, 4) is 11.5 Å². The number of methoxy groups -OCH3 is 2. The number of nitrogens with zero attached hydrogens (tertiary/aromatic N) is 1. The van der Waals surface area contributed by atoms with E-state index in [1.54, 1.807) is 26.5 Å². The lowest BCUT2D eigenvalue weighted by Crippen LogP contribution is -2.19. The van der Waals surface area contributed by atoms with Crippen LogP contribution in [0.5, 0.6) is 11.5 Å². The summed E-state index contributed by atoms with van der Waals surface area (Å²) in [7, 11) is 3.20. The second kappa shape index (κ2) is 7.86. The molecule has 1 rings (SSSR count). The Balaban J connectivity index is 2.52. The zero-order chi connectivity index (χ0) is 12.5. The summed E-state index contributed by atoms with van der Waals surface area (Å²) in [6, 6.07) is 1.76. The van der Waals surface area contributed by atoms with E-state index in [1.807, 2.05) is 0 Å². The quantitative estimate of drug-likeness (QED) is 0.692. The number of hydrogen-bond donors (Lipinski definition) is 1. The van der Waals surface area contributed by atoms with Gasteiger partial charge in [0.25, 0.3) is 0 Å². The lowest BCUT2D eigenvalue weighted by molar-refractivity contribution is 0.118. The van der Waals surface area contributed by atoms with Crippen LogP contribution in [-0.4, -0.2) is 38.9 Å². The number of rotatable bonds is 8. The van der Waals surface area contributed by atoms with Crippen LogP contribution in [0.3, 0.4) is 0 Å². The fourth-order valence-corrected chi connectivity index (χ4v) is 1.44. The predicted molar refractivity (Wildman–Crippen MR) is 65.5 cm³/mol. The van der Waals surface area contributed by atoms with Crippen LogP contribution in [0.2, 0.25) is 0 Å².